The van der Waals surface area contributed by atoms with E-state index in [-0.39, 0.29) is 0 Å². The minimum Gasteiger partial charge on any atom is -0.369 e. The third kappa shape index (κ3) is 4.74. The zero-order valence-electron chi connectivity index (χ0n) is 14.9. The predicted molar refractivity (Wildman–Crippen MR) is 116 cm³/mol. The number of thiophene rings is 1. The van der Waals surface area contributed by atoms with Crippen molar-refractivity contribution in [1.29, 1.82) is 0 Å². The number of hydrogen-bond donors (Lipinski definition) is 1. The standard InChI is InChI=1S/C19H22BrClN4S/c1-3-25(4-2)11-5-10-22-18-14-7-6-13(21)12-15(14)23-19(24-18)16-8-9-17(20)26-16/h6-9,12H,3-5,10-11H2,1-2H3,(H,22,23,24). The van der Waals surface area contributed by atoms with Crippen LogP contribution in [0.5, 0.6) is 0 Å². The molecule has 26 heavy (non-hydrogen) atoms. The van der Waals surface area contributed by atoms with Gasteiger partial charge in [0.1, 0.15) is 5.82 Å². The monoisotopic (exact) mass is 452 g/mol. The molecule has 0 unspecified atom stereocenters. The highest BCUT2D eigenvalue weighted by Crippen LogP contribution is 2.32. The summed E-state index contributed by atoms with van der Waals surface area (Å²) in [6, 6.07) is 9.81. The minimum atomic E-state index is 0.682. The van der Waals surface area contributed by atoms with Crippen LogP contribution in [0.2, 0.25) is 5.02 Å². The van der Waals surface area contributed by atoms with Crippen molar-refractivity contribution in [2.75, 3.05) is 31.5 Å². The van der Waals surface area contributed by atoms with E-state index in [0.29, 0.717) is 5.02 Å². The maximum atomic E-state index is 6.18. The Morgan fingerprint density at radius 1 is 1.15 bits per heavy atom. The third-order valence-corrected chi connectivity index (χ3v) is 6.15. The average molecular weight is 454 g/mol. The molecule has 0 radical (unpaired) electrons. The maximum Gasteiger partial charge on any atom is 0.172 e. The van der Waals surface area contributed by atoms with E-state index in [0.717, 1.165) is 63.8 Å². The normalized spacial score (nSPS) is 11.4. The molecule has 0 aliphatic rings. The second-order valence-electron chi connectivity index (χ2n) is 5.97. The van der Waals surface area contributed by atoms with Gasteiger partial charge in [-0.15, -0.1) is 11.3 Å². The lowest BCUT2D eigenvalue weighted by Crippen LogP contribution is -2.25. The zero-order chi connectivity index (χ0) is 18.5. The molecule has 0 fully saturated rings. The highest BCUT2D eigenvalue weighted by atomic mass is 79.9. The molecule has 0 atom stereocenters. The van der Waals surface area contributed by atoms with Gasteiger partial charge in [-0.2, -0.15) is 0 Å². The summed E-state index contributed by atoms with van der Waals surface area (Å²) in [4.78, 5) is 12.9. The first-order valence-corrected chi connectivity index (χ1v) is 10.8. The Morgan fingerprint density at radius 3 is 2.65 bits per heavy atom. The Kier molecular flexibility index (Phi) is 6.86. The van der Waals surface area contributed by atoms with E-state index in [1.165, 1.54) is 0 Å². The lowest BCUT2D eigenvalue weighted by Gasteiger charge is -2.18. The highest BCUT2D eigenvalue weighted by molar-refractivity contribution is 9.11. The van der Waals surface area contributed by atoms with Crippen LogP contribution >= 0.6 is 38.9 Å². The van der Waals surface area contributed by atoms with Gasteiger partial charge in [0.15, 0.2) is 5.82 Å². The van der Waals surface area contributed by atoms with Gasteiger partial charge >= 0.3 is 0 Å². The van der Waals surface area contributed by atoms with Crippen molar-refractivity contribution in [3.05, 3.63) is 39.1 Å². The molecular formula is C19H22BrClN4S. The largest absolute Gasteiger partial charge is 0.369 e. The van der Waals surface area contributed by atoms with E-state index in [1.807, 2.05) is 30.3 Å². The summed E-state index contributed by atoms with van der Waals surface area (Å²) in [5, 5.41) is 5.18. The molecule has 3 aromatic rings. The van der Waals surface area contributed by atoms with Crippen molar-refractivity contribution in [2.45, 2.75) is 20.3 Å². The van der Waals surface area contributed by atoms with Gasteiger partial charge in [-0.3, -0.25) is 0 Å². The first-order valence-electron chi connectivity index (χ1n) is 8.80. The Labute approximate surface area is 171 Å². The van der Waals surface area contributed by atoms with E-state index in [4.69, 9.17) is 21.6 Å². The van der Waals surface area contributed by atoms with Gasteiger partial charge in [0, 0.05) is 17.0 Å². The fraction of sp³-hybridized carbons (Fsp3) is 0.368. The van der Waals surface area contributed by atoms with Crippen LogP contribution in [0.25, 0.3) is 21.6 Å². The van der Waals surface area contributed by atoms with Gasteiger partial charge in [0.05, 0.1) is 14.2 Å². The van der Waals surface area contributed by atoms with E-state index in [9.17, 15) is 0 Å². The van der Waals surface area contributed by atoms with Gasteiger partial charge in [-0.1, -0.05) is 25.4 Å². The van der Waals surface area contributed by atoms with Crippen molar-refractivity contribution in [3.63, 3.8) is 0 Å². The van der Waals surface area contributed by atoms with Gasteiger partial charge in [0.2, 0.25) is 0 Å². The van der Waals surface area contributed by atoms with E-state index in [1.54, 1.807) is 11.3 Å². The van der Waals surface area contributed by atoms with Crippen LogP contribution in [0.1, 0.15) is 20.3 Å². The molecular weight excluding hydrogens is 432 g/mol. The van der Waals surface area contributed by atoms with Crippen LogP contribution in [-0.4, -0.2) is 41.0 Å². The topological polar surface area (TPSA) is 41.0 Å². The maximum absolute atomic E-state index is 6.18. The minimum absolute atomic E-state index is 0.682. The third-order valence-electron chi connectivity index (χ3n) is 4.29. The fourth-order valence-electron chi connectivity index (χ4n) is 2.83. The summed E-state index contributed by atoms with van der Waals surface area (Å²) in [5.74, 6) is 1.59. The summed E-state index contributed by atoms with van der Waals surface area (Å²) >= 11 is 11.3. The SMILES string of the molecule is CCN(CC)CCCNc1nc(-c2ccc(Br)s2)nc2cc(Cl)ccc12. The van der Waals surface area contributed by atoms with E-state index < -0.39 is 0 Å². The van der Waals surface area contributed by atoms with Crippen LogP contribution in [0, 0.1) is 0 Å². The van der Waals surface area contributed by atoms with Crippen molar-refractivity contribution < 1.29 is 0 Å². The summed E-state index contributed by atoms with van der Waals surface area (Å²) in [6.07, 6.45) is 1.07. The Hall–Kier alpha value is -1.21. The second-order valence-corrected chi connectivity index (χ2v) is 8.87. The summed E-state index contributed by atoms with van der Waals surface area (Å²) in [6.45, 7) is 8.53. The highest BCUT2D eigenvalue weighted by Gasteiger charge is 2.11. The molecule has 2 heterocycles. The Morgan fingerprint density at radius 2 is 1.96 bits per heavy atom. The number of anilines is 1. The number of fused-ring (bicyclic) bond motifs is 1. The van der Waals surface area contributed by atoms with Crippen LogP contribution in [0.15, 0.2) is 34.1 Å². The van der Waals surface area contributed by atoms with Gasteiger partial charge in [-0.25, -0.2) is 9.97 Å². The van der Waals surface area contributed by atoms with Crippen LogP contribution in [0.3, 0.4) is 0 Å². The molecule has 0 aliphatic heterocycles. The van der Waals surface area contributed by atoms with Gasteiger partial charge in [0.25, 0.3) is 0 Å². The lowest BCUT2D eigenvalue weighted by molar-refractivity contribution is 0.303. The number of rotatable bonds is 8. The molecule has 1 aromatic carbocycles. The lowest BCUT2D eigenvalue weighted by atomic mass is 10.2. The van der Waals surface area contributed by atoms with Crippen LogP contribution in [0.4, 0.5) is 5.82 Å². The molecule has 0 spiro atoms. The van der Waals surface area contributed by atoms with Gasteiger partial charge < -0.3 is 10.2 Å². The van der Waals surface area contributed by atoms with Gasteiger partial charge in [-0.05, 0) is 72.3 Å². The molecule has 1 N–H and O–H groups in total. The van der Waals surface area contributed by atoms with Crippen LogP contribution < -0.4 is 5.32 Å². The molecule has 0 bridgehead atoms. The molecule has 2 aromatic heterocycles. The van der Waals surface area contributed by atoms with E-state index in [2.05, 4.69) is 40.0 Å². The molecule has 3 rings (SSSR count). The molecule has 138 valence electrons. The van der Waals surface area contributed by atoms with Crippen molar-refractivity contribution in [3.8, 4) is 10.7 Å². The molecule has 4 nitrogen and oxygen atoms in total. The number of halogens is 2. The summed E-state index contributed by atoms with van der Waals surface area (Å²) < 4.78 is 1.07. The number of hydrogen-bond acceptors (Lipinski definition) is 5. The summed E-state index contributed by atoms with van der Waals surface area (Å²) in [7, 11) is 0. The predicted octanol–water partition coefficient (Wildman–Crippen LogP) is 5.92. The van der Waals surface area contributed by atoms with E-state index >= 15 is 0 Å². The van der Waals surface area contributed by atoms with Crippen molar-refractivity contribution in [1.82, 2.24) is 14.9 Å². The molecule has 0 amide bonds. The Balaban J connectivity index is 1.85. The second kappa shape index (κ2) is 9.13. The van der Waals surface area contributed by atoms with Crippen molar-refractivity contribution >= 4 is 55.6 Å². The average Bonchev–Trinajstić information content (AvgIpc) is 3.07. The van der Waals surface area contributed by atoms with Crippen LogP contribution in [-0.2, 0) is 0 Å². The molecule has 0 saturated heterocycles. The zero-order valence-corrected chi connectivity index (χ0v) is 18.1. The number of nitrogens with one attached hydrogen (secondary N) is 1. The first kappa shape index (κ1) is 19.5. The molecule has 0 aliphatic carbocycles. The molecule has 0 saturated carbocycles. The summed E-state index contributed by atoms with van der Waals surface area (Å²) in [5.41, 5.74) is 0.860. The Bertz CT molecular complexity index is 879. The van der Waals surface area contributed by atoms with Crippen molar-refractivity contribution in [2.24, 2.45) is 0 Å². The quantitative estimate of drug-likeness (QED) is 0.430. The smallest absolute Gasteiger partial charge is 0.172 e. The fourth-order valence-corrected chi connectivity index (χ4v) is 4.32. The number of nitrogens with zero attached hydrogens (tertiary/aromatic N) is 3. The number of aromatic nitrogens is 2. The number of benzene rings is 1. The first-order chi connectivity index (χ1) is 12.6. The molecule has 7 heteroatoms.